The van der Waals surface area contributed by atoms with Crippen molar-refractivity contribution in [1.29, 1.82) is 0 Å². The van der Waals surface area contributed by atoms with Crippen molar-refractivity contribution in [2.75, 3.05) is 6.61 Å². The number of ketones is 1. The summed E-state index contributed by atoms with van der Waals surface area (Å²) in [5, 5.41) is 21.7. The van der Waals surface area contributed by atoms with E-state index >= 15 is 0 Å². The fraction of sp³-hybridized carbons (Fsp3) is 0.643. The molecule has 0 spiro atoms. The monoisotopic (exact) mass is 506 g/mol. The second-order valence-corrected chi connectivity index (χ2v) is 11.0. The first-order valence-electron chi connectivity index (χ1n) is 12.6. The molecular formula is C28H39ClO6. The standard InChI is InChI=1S/C28H39ClO6/c1-7-34-26-17(4)21-19(14-28(26,6)33)12-13-20-15(2)10-8-9-11-16(3)35-27(32)18(5)24(30)23(29)25(31)22(20)21/h8-13,15-22,26,30,33H,7,14H2,1-6H3/b10-8-,11-9+,24-23+/t15-,16+,17+,18+,19-,20+,21-,22-,26-,28-/m1/s1. The van der Waals surface area contributed by atoms with Crippen molar-refractivity contribution < 1.29 is 29.3 Å². The van der Waals surface area contributed by atoms with Crippen LogP contribution in [0.1, 0.15) is 48.0 Å². The number of aliphatic hydroxyl groups excluding tert-OH is 1. The van der Waals surface area contributed by atoms with E-state index in [4.69, 9.17) is 21.1 Å². The molecule has 10 atom stereocenters. The molecule has 3 aliphatic rings. The van der Waals surface area contributed by atoms with E-state index in [2.05, 4.69) is 19.1 Å². The van der Waals surface area contributed by atoms with Crippen LogP contribution in [0.2, 0.25) is 0 Å². The van der Waals surface area contributed by atoms with Gasteiger partial charge in [-0.15, -0.1) is 0 Å². The third-order valence-electron chi connectivity index (χ3n) is 7.92. The van der Waals surface area contributed by atoms with Crippen molar-refractivity contribution in [3.05, 3.63) is 47.2 Å². The summed E-state index contributed by atoms with van der Waals surface area (Å²) in [6.45, 7) is 11.4. The van der Waals surface area contributed by atoms with Gasteiger partial charge in [-0.1, -0.05) is 55.8 Å². The summed E-state index contributed by atoms with van der Waals surface area (Å²) in [6.07, 6.45) is 11.2. The summed E-state index contributed by atoms with van der Waals surface area (Å²) in [7, 11) is 0. The van der Waals surface area contributed by atoms with Crippen LogP contribution in [0.4, 0.5) is 0 Å². The summed E-state index contributed by atoms with van der Waals surface area (Å²) in [5.74, 6) is -3.68. The minimum atomic E-state index is -1.08. The molecule has 7 heteroatoms. The van der Waals surface area contributed by atoms with Crippen LogP contribution in [-0.2, 0) is 19.1 Å². The summed E-state index contributed by atoms with van der Waals surface area (Å²) >= 11 is 6.52. The zero-order chi connectivity index (χ0) is 26.1. The van der Waals surface area contributed by atoms with Crippen LogP contribution in [0.25, 0.3) is 0 Å². The van der Waals surface area contributed by atoms with E-state index in [0.29, 0.717) is 13.0 Å². The Morgan fingerprint density at radius 3 is 2.43 bits per heavy atom. The van der Waals surface area contributed by atoms with Crippen LogP contribution in [0.15, 0.2) is 47.2 Å². The molecule has 0 aromatic heterocycles. The molecule has 1 aliphatic heterocycles. The molecule has 1 fully saturated rings. The van der Waals surface area contributed by atoms with Crippen LogP contribution >= 0.6 is 11.6 Å². The van der Waals surface area contributed by atoms with E-state index in [0.717, 1.165) is 0 Å². The first kappa shape index (κ1) is 27.7. The highest BCUT2D eigenvalue weighted by Crippen LogP contribution is 2.52. The lowest BCUT2D eigenvalue weighted by molar-refractivity contribution is -0.177. The van der Waals surface area contributed by atoms with E-state index < -0.39 is 47.2 Å². The predicted molar refractivity (Wildman–Crippen MR) is 136 cm³/mol. The van der Waals surface area contributed by atoms with Crippen molar-refractivity contribution in [2.24, 2.45) is 41.4 Å². The minimum Gasteiger partial charge on any atom is -0.510 e. The van der Waals surface area contributed by atoms with Crippen molar-refractivity contribution in [3.8, 4) is 0 Å². The maximum Gasteiger partial charge on any atom is 0.316 e. The van der Waals surface area contributed by atoms with Gasteiger partial charge in [-0.05, 0) is 69.8 Å². The summed E-state index contributed by atoms with van der Waals surface area (Å²) in [4.78, 5) is 26.5. The van der Waals surface area contributed by atoms with Gasteiger partial charge in [0, 0.05) is 12.5 Å². The van der Waals surface area contributed by atoms with E-state index in [1.54, 1.807) is 19.9 Å². The van der Waals surface area contributed by atoms with E-state index in [9.17, 15) is 19.8 Å². The molecule has 194 valence electrons. The maximum absolute atomic E-state index is 14.0. The number of hydrogen-bond acceptors (Lipinski definition) is 6. The van der Waals surface area contributed by atoms with Gasteiger partial charge in [0.25, 0.3) is 0 Å². The molecule has 6 nitrogen and oxygen atoms in total. The highest BCUT2D eigenvalue weighted by atomic mass is 35.5. The fourth-order valence-corrected chi connectivity index (χ4v) is 6.46. The van der Waals surface area contributed by atoms with Gasteiger partial charge in [0.15, 0.2) is 5.78 Å². The number of ether oxygens (including phenoxy) is 2. The lowest BCUT2D eigenvalue weighted by Crippen LogP contribution is -2.58. The Bertz CT molecular complexity index is 932. The zero-order valence-corrected chi connectivity index (χ0v) is 22.2. The van der Waals surface area contributed by atoms with Crippen molar-refractivity contribution in [1.82, 2.24) is 0 Å². The van der Waals surface area contributed by atoms with Gasteiger partial charge >= 0.3 is 5.97 Å². The van der Waals surface area contributed by atoms with Crippen molar-refractivity contribution in [3.63, 3.8) is 0 Å². The Kier molecular flexibility index (Phi) is 8.72. The second-order valence-electron chi connectivity index (χ2n) is 10.6. The van der Waals surface area contributed by atoms with Crippen LogP contribution < -0.4 is 0 Å². The molecule has 35 heavy (non-hydrogen) atoms. The van der Waals surface area contributed by atoms with Crippen LogP contribution in [0.5, 0.6) is 0 Å². The number of rotatable bonds is 2. The van der Waals surface area contributed by atoms with Crippen molar-refractivity contribution in [2.45, 2.75) is 65.8 Å². The third kappa shape index (κ3) is 5.60. The van der Waals surface area contributed by atoms with E-state index in [1.165, 1.54) is 6.92 Å². The molecular weight excluding hydrogens is 468 g/mol. The molecule has 0 amide bonds. The number of carbonyl (C=O) groups excluding carboxylic acids is 2. The molecule has 3 rings (SSSR count). The van der Waals surface area contributed by atoms with Gasteiger partial charge in [0.05, 0.1) is 11.7 Å². The predicted octanol–water partition coefficient (Wildman–Crippen LogP) is 5.12. The normalized spacial score (nSPS) is 46.7. The molecule has 0 radical (unpaired) electrons. The Balaban J connectivity index is 2.14. The molecule has 1 saturated carbocycles. The van der Waals surface area contributed by atoms with Crippen molar-refractivity contribution >= 4 is 23.4 Å². The molecule has 0 saturated heterocycles. The zero-order valence-electron chi connectivity index (χ0n) is 21.5. The molecule has 2 N–H and O–H groups in total. The number of carbonyl (C=O) groups is 2. The maximum atomic E-state index is 14.0. The Labute approximate surface area is 213 Å². The Morgan fingerprint density at radius 1 is 1.11 bits per heavy atom. The lowest BCUT2D eigenvalue weighted by Gasteiger charge is -2.53. The van der Waals surface area contributed by atoms with E-state index in [1.807, 2.05) is 32.1 Å². The molecule has 0 aromatic rings. The van der Waals surface area contributed by atoms with Gasteiger partial charge in [-0.3, -0.25) is 9.59 Å². The topological polar surface area (TPSA) is 93.1 Å². The van der Waals surface area contributed by atoms with Crippen LogP contribution in [0.3, 0.4) is 0 Å². The smallest absolute Gasteiger partial charge is 0.316 e. The molecule has 0 bridgehead atoms. The number of allylic oxidation sites excluding steroid dienone is 6. The van der Waals surface area contributed by atoms with Gasteiger partial charge < -0.3 is 19.7 Å². The van der Waals surface area contributed by atoms with Gasteiger partial charge in [0.2, 0.25) is 0 Å². The number of cyclic esters (lactones) is 1. The first-order chi connectivity index (χ1) is 16.4. The summed E-state index contributed by atoms with van der Waals surface area (Å²) in [6, 6.07) is 0. The number of halogens is 1. The highest BCUT2D eigenvalue weighted by Gasteiger charge is 2.55. The van der Waals surface area contributed by atoms with Gasteiger partial charge in [0.1, 0.15) is 22.8 Å². The average Bonchev–Trinajstić information content (AvgIpc) is 2.80. The van der Waals surface area contributed by atoms with E-state index in [-0.39, 0.29) is 34.6 Å². The minimum absolute atomic E-state index is 0.00388. The largest absolute Gasteiger partial charge is 0.510 e. The quantitative estimate of drug-likeness (QED) is 0.398. The van der Waals surface area contributed by atoms with Gasteiger partial charge in [-0.25, -0.2) is 0 Å². The summed E-state index contributed by atoms with van der Waals surface area (Å²) in [5.41, 5.74) is -1.04. The number of esters is 1. The Hall–Kier alpha value is -1.89. The lowest BCUT2D eigenvalue weighted by atomic mass is 9.54. The number of fused-ring (bicyclic) bond motifs is 3. The first-order valence-corrected chi connectivity index (χ1v) is 13.0. The second kappa shape index (κ2) is 11.0. The SMILES string of the molecule is CCO[C@@H]1[C@@H](C)[C@H]2[C@@H]3C(=O)/C(Cl)=C(\O)[C@H](C)C(=O)O[C@@H](C)/C=C/C=C\[C@@H](C)[C@@H]3C=C[C@@H]2C[C@@]1(C)O. The molecule has 2 aliphatic carbocycles. The van der Waals surface area contributed by atoms with Gasteiger partial charge in [-0.2, -0.15) is 0 Å². The highest BCUT2D eigenvalue weighted by molar-refractivity contribution is 6.43. The summed E-state index contributed by atoms with van der Waals surface area (Å²) < 4.78 is 11.4. The van der Waals surface area contributed by atoms with Crippen LogP contribution in [0, 0.1) is 41.4 Å². The fourth-order valence-electron chi connectivity index (χ4n) is 6.17. The molecule has 0 unspecified atom stereocenters. The van der Waals surface area contributed by atoms with Crippen LogP contribution in [-0.4, -0.2) is 46.4 Å². The number of hydrogen-bond donors (Lipinski definition) is 2. The molecule has 0 aromatic carbocycles. The Morgan fingerprint density at radius 2 is 1.77 bits per heavy atom. The third-order valence-corrected chi connectivity index (χ3v) is 8.30. The average molecular weight is 507 g/mol. The molecule has 1 heterocycles. The number of aliphatic hydroxyl groups is 2. The number of Topliss-reactive ketones (excluding diaryl/α,β-unsaturated/α-hetero) is 1.